The quantitative estimate of drug-likeness (QED) is 0.203. The molecule has 34 heavy (non-hydrogen) atoms. The van der Waals surface area contributed by atoms with Crippen LogP contribution >= 0.6 is 11.8 Å². The fourth-order valence-corrected chi connectivity index (χ4v) is 4.63. The Morgan fingerprint density at radius 3 is 2.15 bits per heavy atom. The fourth-order valence-electron chi connectivity index (χ4n) is 3.66. The molecule has 4 rings (SSSR count). The molecule has 0 radical (unpaired) electrons. The van der Waals surface area contributed by atoms with Crippen LogP contribution in [0, 0.1) is 0 Å². The average Bonchev–Trinajstić information content (AvgIpc) is 2.77. The third-order valence-corrected chi connectivity index (χ3v) is 6.28. The third kappa shape index (κ3) is 4.42. The standard InChI is InChI=1S/C23H16F6N2O2S/c24-22(25,26)18-14(12-34-11-13-5-2-1-3-6-13)10-31-19-15-7-4-8-30-20(15)17(9-16(18)19)21(32,33)23(27,28)29/h1-10,32-33H,11-12H2. The van der Waals surface area contributed by atoms with Crippen LogP contribution < -0.4 is 0 Å². The maximum absolute atomic E-state index is 14.2. The highest BCUT2D eigenvalue weighted by molar-refractivity contribution is 7.97. The number of benzene rings is 2. The lowest BCUT2D eigenvalue weighted by atomic mass is 9.94. The van der Waals surface area contributed by atoms with Gasteiger partial charge in [-0.3, -0.25) is 9.97 Å². The molecule has 0 aliphatic carbocycles. The highest BCUT2D eigenvalue weighted by Gasteiger charge is 2.55. The Morgan fingerprint density at radius 1 is 0.794 bits per heavy atom. The van der Waals surface area contributed by atoms with E-state index in [9.17, 15) is 36.6 Å². The first kappa shape index (κ1) is 24.2. The molecule has 0 fully saturated rings. The zero-order valence-electron chi connectivity index (χ0n) is 17.2. The van der Waals surface area contributed by atoms with E-state index in [2.05, 4.69) is 9.97 Å². The lowest BCUT2D eigenvalue weighted by molar-refractivity contribution is -0.357. The molecule has 0 aliphatic rings. The van der Waals surface area contributed by atoms with Crippen molar-refractivity contribution in [1.29, 1.82) is 0 Å². The number of rotatable bonds is 5. The summed E-state index contributed by atoms with van der Waals surface area (Å²) in [4.78, 5) is 7.86. The van der Waals surface area contributed by atoms with Crippen molar-refractivity contribution in [3.8, 4) is 0 Å². The van der Waals surface area contributed by atoms with E-state index in [1.165, 1.54) is 23.9 Å². The summed E-state index contributed by atoms with van der Waals surface area (Å²) < 4.78 is 82.8. The molecule has 2 N–H and O–H groups in total. The number of fused-ring (bicyclic) bond motifs is 3. The average molecular weight is 498 g/mol. The van der Waals surface area contributed by atoms with Crippen molar-refractivity contribution in [3.63, 3.8) is 0 Å². The van der Waals surface area contributed by atoms with Crippen molar-refractivity contribution >= 4 is 33.6 Å². The van der Waals surface area contributed by atoms with E-state index in [1.807, 2.05) is 18.2 Å². The molecular formula is C23H16F6N2O2S. The van der Waals surface area contributed by atoms with Gasteiger partial charge in [0.2, 0.25) is 0 Å². The molecule has 0 aliphatic heterocycles. The van der Waals surface area contributed by atoms with Gasteiger partial charge in [0.05, 0.1) is 16.6 Å². The lowest BCUT2D eigenvalue weighted by Gasteiger charge is -2.26. The molecule has 0 bridgehead atoms. The van der Waals surface area contributed by atoms with Crippen LogP contribution in [0.15, 0.2) is 60.9 Å². The Labute approximate surface area is 193 Å². The Hall–Kier alpha value is -2.89. The summed E-state index contributed by atoms with van der Waals surface area (Å²) in [5.41, 5.74) is -2.47. The normalized spacial score (nSPS) is 13.1. The second kappa shape index (κ2) is 8.71. The number of nitrogens with zero attached hydrogens (tertiary/aromatic N) is 2. The van der Waals surface area contributed by atoms with Gasteiger partial charge in [-0.25, -0.2) is 0 Å². The van der Waals surface area contributed by atoms with Gasteiger partial charge in [-0.2, -0.15) is 38.1 Å². The van der Waals surface area contributed by atoms with Gasteiger partial charge in [-0.05, 0) is 29.3 Å². The summed E-state index contributed by atoms with van der Waals surface area (Å²) in [7, 11) is 0. The summed E-state index contributed by atoms with van der Waals surface area (Å²) in [5.74, 6) is -4.13. The van der Waals surface area contributed by atoms with Crippen molar-refractivity contribution in [1.82, 2.24) is 9.97 Å². The van der Waals surface area contributed by atoms with Crippen LogP contribution in [0.3, 0.4) is 0 Å². The molecule has 0 saturated heterocycles. The molecule has 2 aromatic heterocycles. The molecule has 178 valence electrons. The molecule has 4 nitrogen and oxygen atoms in total. The Morgan fingerprint density at radius 2 is 1.50 bits per heavy atom. The summed E-state index contributed by atoms with van der Waals surface area (Å²) in [6.45, 7) is 0. The number of hydrogen-bond acceptors (Lipinski definition) is 5. The molecule has 0 amide bonds. The van der Waals surface area contributed by atoms with Crippen LogP contribution in [0.1, 0.15) is 22.3 Å². The molecule has 0 saturated carbocycles. The molecule has 0 unspecified atom stereocenters. The second-order valence-corrected chi connectivity index (χ2v) is 8.51. The number of aliphatic hydroxyl groups is 2. The predicted molar refractivity (Wildman–Crippen MR) is 116 cm³/mol. The fraction of sp³-hybridized carbons (Fsp3) is 0.217. The molecule has 0 atom stereocenters. The van der Waals surface area contributed by atoms with E-state index in [-0.39, 0.29) is 22.2 Å². The number of aromatic nitrogens is 2. The van der Waals surface area contributed by atoms with Crippen molar-refractivity contribution in [2.45, 2.75) is 29.6 Å². The van der Waals surface area contributed by atoms with Crippen molar-refractivity contribution in [3.05, 3.63) is 83.2 Å². The number of halogens is 6. The lowest BCUT2D eigenvalue weighted by Crippen LogP contribution is -2.42. The summed E-state index contributed by atoms with van der Waals surface area (Å²) in [6.07, 6.45) is -8.38. The molecule has 2 aromatic carbocycles. The zero-order chi connectivity index (χ0) is 24.7. The SMILES string of the molecule is OC(O)(c1cc2c(C(F)(F)F)c(CSCc3ccccc3)cnc2c2cccnc12)C(F)(F)F. The van der Waals surface area contributed by atoms with Crippen molar-refractivity contribution < 1.29 is 36.6 Å². The Kier molecular flexibility index (Phi) is 6.21. The summed E-state index contributed by atoms with van der Waals surface area (Å²) >= 11 is 1.18. The molecule has 0 spiro atoms. The molecule has 11 heteroatoms. The van der Waals surface area contributed by atoms with E-state index in [4.69, 9.17) is 0 Å². The number of hydrogen-bond donors (Lipinski definition) is 2. The molecule has 2 heterocycles. The van der Waals surface area contributed by atoms with Gasteiger partial charge >= 0.3 is 12.4 Å². The Balaban J connectivity index is 1.92. The molecule has 4 aromatic rings. The van der Waals surface area contributed by atoms with Crippen LogP contribution in [-0.4, -0.2) is 26.4 Å². The van der Waals surface area contributed by atoms with Gasteiger partial charge in [-0.15, -0.1) is 0 Å². The number of thioether (sulfide) groups is 1. The number of alkyl halides is 6. The van der Waals surface area contributed by atoms with Crippen LogP contribution in [0.2, 0.25) is 0 Å². The Bertz CT molecular complexity index is 1340. The number of pyridine rings is 2. The van der Waals surface area contributed by atoms with Crippen LogP contribution in [0.25, 0.3) is 21.8 Å². The van der Waals surface area contributed by atoms with E-state index >= 15 is 0 Å². The monoisotopic (exact) mass is 498 g/mol. The van der Waals surface area contributed by atoms with E-state index in [0.717, 1.165) is 18.0 Å². The van der Waals surface area contributed by atoms with Gasteiger partial charge < -0.3 is 10.2 Å². The second-order valence-electron chi connectivity index (χ2n) is 7.52. The first-order valence-electron chi connectivity index (χ1n) is 9.81. The summed E-state index contributed by atoms with van der Waals surface area (Å²) in [6, 6.07) is 12.1. The van der Waals surface area contributed by atoms with Gasteiger partial charge in [-0.1, -0.05) is 30.3 Å². The maximum Gasteiger partial charge on any atom is 0.447 e. The minimum absolute atomic E-state index is 0.115. The maximum atomic E-state index is 14.2. The van der Waals surface area contributed by atoms with E-state index in [0.29, 0.717) is 11.8 Å². The van der Waals surface area contributed by atoms with Gasteiger partial charge in [0.15, 0.2) is 0 Å². The first-order valence-corrected chi connectivity index (χ1v) is 11.0. The van der Waals surface area contributed by atoms with Gasteiger partial charge in [0.25, 0.3) is 5.79 Å². The van der Waals surface area contributed by atoms with Gasteiger partial charge in [0, 0.05) is 40.2 Å². The van der Waals surface area contributed by atoms with Crippen LogP contribution in [0.5, 0.6) is 0 Å². The molecular weight excluding hydrogens is 482 g/mol. The highest BCUT2D eigenvalue weighted by atomic mass is 32.2. The van der Waals surface area contributed by atoms with E-state index < -0.39 is 40.2 Å². The predicted octanol–water partition coefficient (Wildman–Crippen LogP) is 5.93. The minimum atomic E-state index is -5.58. The zero-order valence-corrected chi connectivity index (χ0v) is 18.0. The van der Waals surface area contributed by atoms with Gasteiger partial charge in [0.1, 0.15) is 0 Å². The minimum Gasteiger partial charge on any atom is -0.355 e. The van der Waals surface area contributed by atoms with Crippen LogP contribution in [0.4, 0.5) is 26.3 Å². The summed E-state index contributed by atoms with van der Waals surface area (Å²) in [5, 5.41) is 19.0. The first-order chi connectivity index (χ1) is 15.9. The van der Waals surface area contributed by atoms with E-state index in [1.54, 1.807) is 12.1 Å². The third-order valence-electron chi connectivity index (χ3n) is 5.23. The largest absolute Gasteiger partial charge is 0.447 e. The van der Waals surface area contributed by atoms with Crippen molar-refractivity contribution in [2.75, 3.05) is 0 Å². The van der Waals surface area contributed by atoms with Crippen LogP contribution in [-0.2, 0) is 23.5 Å². The highest BCUT2D eigenvalue weighted by Crippen LogP contribution is 2.44. The topological polar surface area (TPSA) is 66.2 Å². The smallest absolute Gasteiger partial charge is 0.355 e. The van der Waals surface area contributed by atoms with Crippen molar-refractivity contribution in [2.24, 2.45) is 0 Å².